The summed E-state index contributed by atoms with van der Waals surface area (Å²) in [4.78, 5) is 23.7. The van der Waals surface area contributed by atoms with Gasteiger partial charge in [0, 0.05) is 31.4 Å². The third-order valence-corrected chi connectivity index (χ3v) is 3.27. The smallest absolute Gasteiger partial charge is 0.287 e. The third kappa shape index (κ3) is 2.54. The molecule has 0 aliphatic carbocycles. The summed E-state index contributed by atoms with van der Waals surface area (Å²) in [5.74, 6) is -0.0400. The Morgan fingerprint density at radius 3 is 2.85 bits per heavy atom. The van der Waals surface area contributed by atoms with Crippen molar-refractivity contribution < 1.29 is 9.72 Å². The van der Waals surface area contributed by atoms with Crippen molar-refractivity contribution in [2.45, 2.75) is 6.92 Å². The topological polar surface area (TPSA) is 99.3 Å². The lowest BCUT2D eigenvalue weighted by molar-refractivity contribution is -0.385. The van der Waals surface area contributed by atoms with Crippen molar-refractivity contribution in [3.63, 3.8) is 0 Å². The average Bonchev–Trinajstić information content (AvgIpc) is 2.36. The van der Waals surface area contributed by atoms with Crippen LogP contribution in [-0.2, 0) is 4.79 Å². The molecule has 1 heterocycles. The lowest BCUT2D eigenvalue weighted by Crippen LogP contribution is -2.53. The molecular weight excluding hydrogens is 260 g/mol. The SMILES string of the molecule is CCNC(=O)C1CN(c2ccc([N+](=O)[O-])c(C#N)c2)C1. The maximum Gasteiger partial charge on any atom is 0.287 e. The average molecular weight is 274 g/mol. The van der Waals surface area contributed by atoms with E-state index in [1.54, 1.807) is 6.07 Å². The van der Waals surface area contributed by atoms with Gasteiger partial charge >= 0.3 is 0 Å². The quantitative estimate of drug-likeness (QED) is 0.653. The Kier molecular flexibility index (Phi) is 3.84. The van der Waals surface area contributed by atoms with E-state index < -0.39 is 4.92 Å². The van der Waals surface area contributed by atoms with E-state index in [4.69, 9.17) is 5.26 Å². The van der Waals surface area contributed by atoms with Gasteiger partial charge in [-0.25, -0.2) is 0 Å². The molecule has 0 saturated carbocycles. The first-order valence-electron chi connectivity index (χ1n) is 6.28. The molecule has 0 radical (unpaired) electrons. The molecule has 7 heteroatoms. The summed E-state index contributed by atoms with van der Waals surface area (Å²) in [6.07, 6.45) is 0. The molecule has 0 atom stereocenters. The van der Waals surface area contributed by atoms with E-state index in [1.807, 2.05) is 17.9 Å². The second kappa shape index (κ2) is 5.57. The van der Waals surface area contributed by atoms with E-state index in [0.29, 0.717) is 19.6 Å². The van der Waals surface area contributed by atoms with Gasteiger partial charge in [-0.1, -0.05) is 0 Å². The Bertz CT molecular complexity index is 588. The number of rotatable bonds is 4. The highest BCUT2D eigenvalue weighted by molar-refractivity contribution is 5.82. The van der Waals surface area contributed by atoms with Gasteiger partial charge in [-0.15, -0.1) is 0 Å². The van der Waals surface area contributed by atoms with Crippen LogP contribution in [0.15, 0.2) is 18.2 Å². The number of hydrogen-bond donors (Lipinski definition) is 1. The van der Waals surface area contributed by atoms with E-state index in [-0.39, 0.29) is 23.1 Å². The van der Waals surface area contributed by atoms with Crippen LogP contribution in [0.5, 0.6) is 0 Å². The maximum absolute atomic E-state index is 11.6. The van der Waals surface area contributed by atoms with Crippen LogP contribution < -0.4 is 10.2 Å². The summed E-state index contributed by atoms with van der Waals surface area (Å²) in [5.41, 5.74) is 0.568. The van der Waals surface area contributed by atoms with Gasteiger partial charge in [0.15, 0.2) is 0 Å². The van der Waals surface area contributed by atoms with E-state index in [2.05, 4.69) is 5.32 Å². The van der Waals surface area contributed by atoms with Crippen molar-refractivity contribution in [1.82, 2.24) is 5.32 Å². The van der Waals surface area contributed by atoms with Crippen LogP contribution in [0.1, 0.15) is 12.5 Å². The lowest BCUT2D eigenvalue weighted by atomic mass is 9.97. The molecule has 1 aromatic rings. The number of benzene rings is 1. The molecule has 7 nitrogen and oxygen atoms in total. The van der Waals surface area contributed by atoms with Crippen LogP contribution in [0.2, 0.25) is 0 Å². The van der Waals surface area contributed by atoms with Gasteiger partial charge < -0.3 is 10.2 Å². The largest absolute Gasteiger partial charge is 0.370 e. The molecular formula is C13H14N4O3. The summed E-state index contributed by atoms with van der Waals surface area (Å²) >= 11 is 0. The number of nitriles is 1. The zero-order valence-electron chi connectivity index (χ0n) is 11.0. The maximum atomic E-state index is 11.6. The highest BCUT2D eigenvalue weighted by atomic mass is 16.6. The first-order valence-corrected chi connectivity index (χ1v) is 6.28. The Morgan fingerprint density at radius 1 is 1.60 bits per heavy atom. The molecule has 1 saturated heterocycles. The van der Waals surface area contributed by atoms with Crippen molar-refractivity contribution in [3.8, 4) is 6.07 Å². The normalized spacial score (nSPS) is 14.3. The predicted molar refractivity (Wildman–Crippen MR) is 72.2 cm³/mol. The fourth-order valence-electron chi connectivity index (χ4n) is 2.14. The minimum absolute atomic E-state index is 0.0196. The van der Waals surface area contributed by atoms with Gasteiger partial charge in [-0.2, -0.15) is 5.26 Å². The number of nitrogens with one attached hydrogen (secondary N) is 1. The summed E-state index contributed by atoms with van der Waals surface area (Å²) in [6.45, 7) is 3.60. The lowest BCUT2D eigenvalue weighted by Gasteiger charge is -2.40. The molecule has 1 aliphatic heterocycles. The fraction of sp³-hybridized carbons (Fsp3) is 0.385. The molecule has 0 spiro atoms. The predicted octanol–water partition coefficient (Wildman–Crippen LogP) is 1.04. The number of nitro groups is 1. The first-order chi connectivity index (χ1) is 9.56. The molecule has 1 aliphatic rings. The fourth-order valence-corrected chi connectivity index (χ4v) is 2.14. The van der Waals surface area contributed by atoms with E-state index in [0.717, 1.165) is 5.69 Å². The van der Waals surface area contributed by atoms with Gasteiger partial charge in [0.25, 0.3) is 5.69 Å². The third-order valence-electron chi connectivity index (χ3n) is 3.27. The number of hydrogen-bond acceptors (Lipinski definition) is 5. The van der Waals surface area contributed by atoms with Gasteiger partial charge in [-0.05, 0) is 19.1 Å². The second-order valence-corrected chi connectivity index (χ2v) is 4.57. The highest BCUT2D eigenvalue weighted by Crippen LogP contribution is 2.29. The number of carbonyl (C=O) groups is 1. The Morgan fingerprint density at radius 2 is 2.30 bits per heavy atom. The number of carbonyl (C=O) groups excluding carboxylic acids is 1. The molecule has 0 aromatic heterocycles. The van der Waals surface area contributed by atoms with Crippen molar-refractivity contribution in [2.24, 2.45) is 5.92 Å². The summed E-state index contributed by atoms with van der Waals surface area (Å²) in [6, 6.07) is 6.25. The minimum Gasteiger partial charge on any atom is -0.370 e. The van der Waals surface area contributed by atoms with Crippen molar-refractivity contribution in [3.05, 3.63) is 33.9 Å². The zero-order valence-corrected chi connectivity index (χ0v) is 11.0. The molecule has 0 unspecified atom stereocenters. The molecule has 104 valence electrons. The van der Waals surface area contributed by atoms with Gasteiger partial charge in [0.2, 0.25) is 5.91 Å². The van der Waals surface area contributed by atoms with Gasteiger partial charge in [0.1, 0.15) is 11.6 Å². The summed E-state index contributed by atoms with van der Waals surface area (Å²) < 4.78 is 0. The van der Waals surface area contributed by atoms with Crippen molar-refractivity contribution in [2.75, 3.05) is 24.5 Å². The van der Waals surface area contributed by atoms with Crippen LogP contribution in [-0.4, -0.2) is 30.5 Å². The van der Waals surface area contributed by atoms with E-state index in [9.17, 15) is 14.9 Å². The van der Waals surface area contributed by atoms with Crippen LogP contribution in [0, 0.1) is 27.4 Å². The number of nitro benzene ring substituents is 1. The molecule has 2 rings (SSSR count). The van der Waals surface area contributed by atoms with E-state index >= 15 is 0 Å². The van der Waals surface area contributed by atoms with Crippen LogP contribution in [0.25, 0.3) is 0 Å². The Labute approximate surface area is 115 Å². The standard InChI is InChI=1S/C13H14N4O3/c1-2-15-13(18)10-7-16(8-10)11-3-4-12(17(19)20)9(5-11)6-14/h3-5,10H,2,7-8H2,1H3,(H,15,18). The number of amides is 1. The van der Waals surface area contributed by atoms with Crippen molar-refractivity contribution in [1.29, 1.82) is 5.26 Å². The van der Waals surface area contributed by atoms with Crippen LogP contribution in [0.4, 0.5) is 11.4 Å². The monoisotopic (exact) mass is 274 g/mol. The minimum atomic E-state index is -0.573. The van der Waals surface area contributed by atoms with Gasteiger partial charge in [-0.3, -0.25) is 14.9 Å². The van der Waals surface area contributed by atoms with Crippen molar-refractivity contribution >= 4 is 17.3 Å². The summed E-state index contributed by atoms with van der Waals surface area (Å²) in [5, 5.41) is 22.4. The molecule has 1 amide bonds. The molecule has 1 aromatic carbocycles. The molecule has 20 heavy (non-hydrogen) atoms. The number of nitrogens with zero attached hydrogens (tertiary/aromatic N) is 3. The van der Waals surface area contributed by atoms with Gasteiger partial charge in [0.05, 0.1) is 10.8 Å². The van der Waals surface area contributed by atoms with Crippen LogP contribution in [0.3, 0.4) is 0 Å². The molecule has 1 fully saturated rings. The Hall–Kier alpha value is -2.62. The Balaban J connectivity index is 2.08. The molecule has 1 N–H and O–H groups in total. The second-order valence-electron chi connectivity index (χ2n) is 4.57. The van der Waals surface area contributed by atoms with Crippen LogP contribution >= 0.6 is 0 Å². The highest BCUT2D eigenvalue weighted by Gasteiger charge is 2.33. The number of anilines is 1. The summed E-state index contributed by atoms with van der Waals surface area (Å²) in [7, 11) is 0. The van der Waals surface area contributed by atoms with E-state index in [1.165, 1.54) is 12.1 Å². The zero-order chi connectivity index (χ0) is 14.7. The molecule has 0 bridgehead atoms. The first kappa shape index (κ1) is 13.8.